The molecule has 2 aromatic carbocycles. The number of ether oxygens (including phenoxy) is 4. The fourth-order valence-corrected chi connectivity index (χ4v) is 3.49. The molecule has 0 radical (unpaired) electrons. The highest BCUT2D eigenvalue weighted by Crippen LogP contribution is 2.34. The number of fused-ring (bicyclic) bond motifs is 1. The predicted octanol–water partition coefficient (Wildman–Crippen LogP) is 1.77. The maximum atomic E-state index is 11.7. The standard InChI is InChI=1S/C21H23NO6/c1-13(23)22-17-18(24)19-16(27-21(17)26-15-10-6-3-7-11-15)12-25-20(28-19)14-8-4-2-5-9-14/h2-11,16-21,24H,12H2,1H3,(H,22,23)/t16-,17-,18-,19+,20+,21+/m1/s1. The normalized spacial score (nSPS) is 32.2. The summed E-state index contributed by atoms with van der Waals surface area (Å²) in [6.45, 7) is 1.62. The maximum Gasteiger partial charge on any atom is 0.223 e. The van der Waals surface area contributed by atoms with E-state index in [4.69, 9.17) is 18.9 Å². The van der Waals surface area contributed by atoms with Gasteiger partial charge in [-0.15, -0.1) is 0 Å². The Morgan fingerprint density at radius 2 is 1.75 bits per heavy atom. The van der Waals surface area contributed by atoms with Crippen LogP contribution in [0.15, 0.2) is 60.7 Å². The van der Waals surface area contributed by atoms with E-state index in [-0.39, 0.29) is 12.5 Å². The third kappa shape index (κ3) is 4.02. The third-order valence-electron chi connectivity index (χ3n) is 4.80. The molecule has 0 aliphatic carbocycles. The maximum absolute atomic E-state index is 11.7. The highest BCUT2D eigenvalue weighted by Gasteiger charge is 2.50. The van der Waals surface area contributed by atoms with Gasteiger partial charge in [-0.2, -0.15) is 0 Å². The fraction of sp³-hybridized carbons (Fsp3) is 0.381. The highest BCUT2D eigenvalue weighted by atomic mass is 16.7. The smallest absolute Gasteiger partial charge is 0.223 e. The zero-order chi connectivity index (χ0) is 19.5. The van der Waals surface area contributed by atoms with Crippen LogP contribution < -0.4 is 10.1 Å². The van der Waals surface area contributed by atoms with Gasteiger partial charge in [0.2, 0.25) is 12.2 Å². The molecule has 28 heavy (non-hydrogen) atoms. The first-order valence-corrected chi connectivity index (χ1v) is 9.26. The van der Waals surface area contributed by atoms with E-state index in [1.807, 2.05) is 48.5 Å². The van der Waals surface area contributed by atoms with Gasteiger partial charge in [0.05, 0.1) is 6.61 Å². The molecule has 2 aliphatic heterocycles. The summed E-state index contributed by atoms with van der Waals surface area (Å²) in [6.07, 6.45) is -3.68. The second-order valence-corrected chi connectivity index (χ2v) is 6.87. The van der Waals surface area contributed by atoms with Gasteiger partial charge in [-0.05, 0) is 12.1 Å². The molecule has 2 N–H and O–H groups in total. The van der Waals surface area contributed by atoms with Gasteiger partial charge in [-0.1, -0.05) is 48.5 Å². The van der Waals surface area contributed by atoms with Gasteiger partial charge in [-0.25, -0.2) is 0 Å². The summed E-state index contributed by atoms with van der Waals surface area (Å²) >= 11 is 0. The molecule has 0 bridgehead atoms. The number of amides is 1. The van der Waals surface area contributed by atoms with Crippen LogP contribution in [0, 0.1) is 0 Å². The van der Waals surface area contributed by atoms with Gasteiger partial charge >= 0.3 is 0 Å². The Bertz CT molecular complexity index is 786. The molecule has 148 valence electrons. The second-order valence-electron chi connectivity index (χ2n) is 6.87. The molecule has 7 heteroatoms. The van der Waals surface area contributed by atoms with Crippen LogP contribution in [0.4, 0.5) is 0 Å². The monoisotopic (exact) mass is 385 g/mol. The van der Waals surface area contributed by atoms with Crippen LogP contribution in [0.5, 0.6) is 5.75 Å². The Kier molecular flexibility index (Phi) is 5.59. The first-order valence-electron chi connectivity index (χ1n) is 9.26. The van der Waals surface area contributed by atoms with Crippen LogP contribution in [-0.2, 0) is 19.0 Å². The van der Waals surface area contributed by atoms with E-state index in [0.29, 0.717) is 5.75 Å². The number of rotatable bonds is 4. The van der Waals surface area contributed by atoms with Gasteiger partial charge in [0, 0.05) is 12.5 Å². The van der Waals surface area contributed by atoms with Crippen molar-refractivity contribution in [2.75, 3.05) is 6.61 Å². The number of aliphatic hydroxyl groups is 1. The van der Waals surface area contributed by atoms with Crippen LogP contribution in [0.3, 0.4) is 0 Å². The lowest BCUT2D eigenvalue weighted by Gasteiger charge is -2.47. The van der Waals surface area contributed by atoms with E-state index in [1.165, 1.54) is 6.92 Å². The summed E-state index contributed by atoms with van der Waals surface area (Å²) in [6, 6.07) is 17.8. The third-order valence-corrected chi connectivity index (χ3v) is 4.80. The van der Waals surface area contributed by atoms with Gasteiger partial charge in [-0.3, -0.25) is 4.79 Å². The number of carbonyl (C=O) groups is 1. The van der Waals surface area contributed by atoms with Crippen molar-refractivity contribution in [2.45, 2.75) is 43.9 Å². The Labute approximate surface area is 163 Å². The van der Waals surface area contributed by atoms with E-state index in [0.717, 1.165) is 5.56 Å². The Balaban J connectivity index is 1.53. The Hall–Kier alpha value is -2.45. The molecule has 2 heterocycles. The van der Waals surface area contributed by atoms with E-state index in [2.05, 4.69) is 5.32 Å². The summed E-state index contributed by atoms with van der Waals surface area (Å²) < 4.78 is 23.7. The first-order chi connectivity index (χ1) is 13.6. The van der Waals surface area contributed by atoms with Crippen LogP contribution in [0.25, 0.3) is 0 Å². The lowest BCUT2D eigenvalue weighted by molar-refractivity contribution is -0.333. The van der Waals surface area contributed by atoms with Crippen molar-refractivity contribution in [2.24, 2.45) is 0 Å². The molecule has 4 rings (SSSR count). The molecule has 1 amide bonds. The molecule has 0 aromatic heterocycles. The van der Waals surface area contributed by atoms with E-state index in [9.17, 15) is 9.90 Å². The molecule has 7 nitrogen and oxygen atoms in total. The van der Waals surface area contributed by atoms with Gasteiger partial charge < -0.3 is 29.4 Å². The molecule has 2 fully saturated rings. The van der Waals surface area contributed by atoms with Gasteiger partial charge in [0.25, 0.3) is 0 Å². The number of nitrogens with one attached hydrogen (secondary N) is 1. The molecule has 2 aromatic rings. The van der Waals surface area contributed by atoms with E-state index < -0.39 is 36.9 Å². The lowest BCUT2D eigenvalue weighted by Crippen LogP contribution is -2.67. The van der Waals surface area contributed by atoms with Crippen molar-refractivity contribution >= 4 is 5.91 Å². The van der Waals surface area contributed by atoms with Crippen LogP contribution >= 0.6 is 0 Å². The summed E-state index contributed by atoms with van der Waals surface area (Å²) in [5, 5.41) is 13.7. The minimum Gasteiger partial charge on any atom is -0.463 e. The number of hydrogen-bond donors (Lipinski definition) is 2. The van der Waals surface area contributed by atoms with E-state index >= 15 is 0 Å². The summed E-state index contributed by atoms with van der Waals surface area (Å²) in [5.74, 6) is 0.285. The molecule has 2 aliphatic rings. The molecule has 0 unspecified atom stereocenters. The average molecular weight is 385 g/mol. The van der Waals surface area contributed by atoms with Crippen LogP contribution in [0.2, 0.25) is 0 Å². The molecule has 2 saturated heterocycles. The summed E-state index contributed by atoms with van der Waals surface area (Å²) in [7, 11) is 0. The highest BCUT2D eigenvalue weighted by molar-refractivity contribution is 5.73. The van der Waals surface area contributed by atoms with Crippen molar-refractivity contribution in [3.8, 4) is 5.75 Å². The predicted molar refractivity (Wildman–Crippen MR) is 99.4 cm³/mol. The molecular formula is C21H23NO6. The summed E-state index contributed by atoms with van der Waals surface area (Å²) in [5.41, 5.74) is 0.854. The van der Waals surface area contributed by atoms with Gasteiger partial charge in [0.1, 0.15) is 30.1 Å². The minimum absolute atomic E-state index is 0.239. The zero-order valence-electron chi connectivity index (χ0n) is 15.4. The van der Waals surface area contributed by atoms with Crippen molar-refractivity contribution in [1.82, 2.24) is 5.32 Å². The lowest BCUT2D eigenvalue weighted by atomic mass is 9.95. The first kappa shape index (κ1) is 18.9. The van der Waals surface area contributed by atoms with Crippen molar-refractivity contribution in [1.29, 1.82) is 0 Å². The number of aliphatic hydroxyl groups excluding tert-OH is 1. The number of carbonyl (C=O) groups excluding carboxylic acids is 1. The number of hydrogen-bond acceptors (Lipinski definition) is 6. The quantitative estimate of drug-likeness (QED) is 0.834. The van der Waals surface area contributed by atoms with Crippen molar-refractivity contribution in [3.05, 3.63) is 66.2 Å². The van der Waals surface area contributed by atoms with Crippen LogP contribution in [-0.4, -0.2) is 48.3 Å². The molecule has 0 saturated carbocycles. The second kappa shape index (κ2) is 8.28. The number of para-hydroxylation sites is 1. The Morgan fingerprint density at radius 1 is 1.07 bits per heavy atom. The van der Waals surface area contributed by atoms with Crippen LogP contribution in [0.1, 0.15) is 18.8 Å². The number of benzene rings is 2. The SMILES string of the molecule is CC(=O)N[C@H]1[C@@H](Oc2ccccc2)O[C@@H]2CO[C@H](c3ccccc3)O[C@@H]2[C@@H]1O. The largest absolute Gasteiger partial charge is 0.463 e. The average Bonchev–Trinajstić information content (AvgIpc) is 2.72. The topological polar surface area (TPSA) is 86.3 Å². The van der Waals surface area contributed by atoms with E-state index in [1.54, 1.807) is 12.1 Å². The fourth-order valence-electron chi connectivity index (χ4n) is 3.49. The van der Waals surface area contributed by atoms with Gasteiger partial charge in [0.15, 0.2) is 6.29 Å². The van der Waals surface area contributed by atoms with Crippen molar-refractivity contribution < 1.29 is 28.8 Å². The van der Waals surface area contributed by atoms with Crippen molar-refractivity contribution in [3.63, 3.8) is 0 Å². The Morgan fingerprint density at radius 3 is 2.43 bits per heavy atom. The molecule has 6 atom stereocenters. The molecular weight excluding hydrogens is 362 g/mol. The summed E-state index contributed by atoms with van der Waals surface area (Å²) in [4.78, 5) is 11.7. The zero-order valence-corrected chi connectivity index (χ0v) is 15.4. The minimum atomic E-state index is -1.02. The molecule has 0 spiro atoms.